The molecule has 1 saturated heterocycles. The summed E-state index contributed by atoms with van der Waals surface area (Å²) in [7, 11) is 0. The van der Waals surface area contributed by atoms with E-state index in [0.717, 1.165) is 0 Å². The van der Waals surface area contributed by atoms with Gasteiger partial charge in [-0.05, 0) is 6.92 Å². The molecule has 6 nitrogen and oxygen atoms in total. The van der Waals surface area contributed by atoms with Gasteiger partial charge in [0.25, 0.3) is 0 Å². The van der Waals surface area contributed by atoms with Crippen LogP contribution in [0, 0.1) is 13.2 Å². The maximum absolute atomic E-state index is 10.7. The minimum atomic E-state index is -0.188. The summed E-state index contributed by atoms with van der Waals surface area (Å²) in [5.74, 6) is 0.333. The molecule has 0 aliphatic carbocycles. The molecule has 0 aromatic carbocycles. The SMILES string of the molecule is Cc1onnc1[C]1NC(=O)CO1. The van der Waals surface area contributed by atoms with Crippen molar-refractivity contribution in [3.63, 3.8) is 0 Å². The van der Waals surface area contributed by atoms with E-state index in [1.54, 1.807) is 6.92 Å². The van der Waals surface area contributed by atoms with E-state index in [-0.39, 0.29) is 12.5 Å². The largest absolute Gasteiger partial charge is 0.342 e. The summed E-state index contributed by atoms with van der Waals surface area (Å²) in [5, 5.41) is 9.44. The van der Waals surface area contributed by atoms with E-state index < -0.39 is 0 Å². The zero-order valence-corrected chi connectivity index (χ0v) is 6.33. The first-order chi connectivity index (χ1) is 5.77. The summed E-state index contributed by atoms with van der Waals surface area (Å²) >= 11 is 0. The number of carbonyl (C=O) groups is 1. The van der Waals surface area contributed by atoms with E-state index in [9.17, 15) is 4.79 Å². The van der Waals surface area contributed by atoms with Crippen molar-refractivity contribution < 1.29 is 14.1 Å². The lowest BCUT2D eigenvalue weighted by Crippen LogP contribution is -2.21. The maximum Gasteiger partial charge on any atom is 0.248 e. The molecule has 0 saturated carbocycles. The Morgan fingerprint density at radius 2 is 2.42 bits per heavy atom. The molecule has 12 heavy (non-hydrogen) atoms. The highest BCUT2D eigenvalue weighted by molar-refractivity contribution is 5.81. The number of nitrogens with zero attached hydrogens (tertiary/aromatic N) is 2. The second-order valence-electron chi connectivity index (χ2n) is 2.34. The third-order valence-corrected chi connectivity index (χ3v) is 1.47. The van der Waals surface area contributed by atoms with Gasteiger partial charge >= 0.3 is 0 Å². The number of aryl methyl sites for hydroxylation is 1. The Hall–Kier alpha value is -1.43. The van der Waals surface area contributed by atoms with E-state index in [0.29, 0.717) is 17.7 Å². The van der Waals surface area contributed by atoms with Gasteiger partial charge in [-0.1, -0.05) is 0 Å². The fraction of sp³-hybridized carbons (Fsp3) is 0.333. The normalized spacial score (nSPS) is 18.2. The molecule has 2 heterocycles. The molecule has 1 aliphatic rings. The highest BCUT2D eigenvalue weighted by Gasteiger charge is 2.29. The Labute approximate surface area is 67.9 Å². The lowest BCUT2D eigenvalue weighted by Gasteiger charge is -2.01. The van der Waals surface area contributed by atoms with Crippen molar-refractivity contribution in [2.45, 2.75) is 6.92 Å². The van der Waals surface area contributed by atoms with Crippen LogP contribution in [0.5, 0.6) is 0 Å². The third kappa shape index (κ3) is 1.06. The minimum absolute atomic E-state index is 0.0294. The van der Waals surface area contributed by atoms with Gasteiger partial charge in [0.2, 0.25) is 12.1 Å². The Morgan fingerprint density at radius 3 is 2.92 bits per heavy atom. The molecule has 1 radical (unpaired) electrons. The second-order valence-corrected chi connectivity index (χ2v) is 2.34. The van der Waals surface area contributed by atoms with Crippen LogP contribution in [-0.4, -0.2) is 22.9 Å². The summed E-state index contributed by atoms with van der Waals surface area (Å²) < 4.78 is 9.68. The van der Waals surface area contributed by atoms with Crippen molar-refractivity contribution in [1.29, 1.82) is 0 Å². The molecule has 6 heteroatoms. The number of aromatic nitrogens is 2. The van der Waals surface area contributed by atoms with Gasteiger partial charge in [0, 0.05) is 5.27 Å². The smallest absolute Gasteiger partial charge is 0.248 e. The van der Waals surface area contributed by atoms with Gasteiger partial charge < -0.3 is 14.6 Å². The summed E-state index contributed by atoms with van der Waals surface area (Å²) in [5.41, 5.74) is 0.445. The van der Waals surface area contributed by atoms with Crippen LogP contribution in [0.4, 0.5) is 0 Å². The summed E-state index contributed by atoms with van der Waals surface area (Å²) in [4.78, 5) is 10.7. The van der Waals surface area contributed by atoms with Crippen LogP contribution in [0.15, 0.2) is 4.52 Å². The van der Waals surface area contributed by atoms with Crippen molar-refractivity contribution in [3.8, 4) is 0 Å². The van der Waals surface area contributed by atoms with E-state index in [2.05, 4.69) is 15.7 Å². The first-order valence-electron chi connectivity index (χ1n) is 3.36. The van der Waals surface area contributed by atoms with Crippen LogP contribution in [0.2, 0.25) is 0 Å². The topological polar surface area (TPSA) is 77.3 Å². The molecule has 2 rings (SSSR count). The summed E-state index contributed by atoms with van der Waals surface area (Å²) in [6, 6.07) is 0. The Bertz CT molecular complexity index is 309. The van der Waals surface area contributed by atoms with Crippen LogP contribution in [0.3, 0.4) is 0 Å². The van der Waals surface area contributed by atoms with Gasteiger partial charge in [-0.25, -0.2) is 0 Å². The third-order valence-electron chi connectivity index (χ3n) is 1.47. The molecule has 0 atom stereocenters. The number of ether oxygens (including phenoxy) is 1. The molecule has 1 aliphatic heterocycles. The van der Waals surface area contributed by atoms with Crippen LogP contribution >= 0.6 is 0 Å². The molecule has 63 valence electrons. The van der Waals surface area contributed by atoms with Crippen molar-refractivity contribution >= 4 is 5.91 Å². The Balaban J connectivity index is 2.21. The molecule has 0 bridgehead atoms. The zero-order chi connectivity index (χ0) is 8.55. The highest BCUT2D eigenvalue weighted by Crippen LogP contribution is 2.17. The highest BCUT2D eigenvalue weighted by atomic mass is 16.5. The molecule has 1 N–H and O–H groups in total. The monoisotopic (exact) mass is 168 g/mol. The second kappa shape index (κ2) is 2.56. The van der Waals surface area contributed by atoms with Gasteiger partial charge in [0.05, 0.1) is 0 Å². The first-order valence-corrected chi connectivity index (χ1v) is 3.36. The van der Waals surface area contributed by atoms with Gasteiger partial charge in [-0.3, -0.25) is 4.79 Å². The Morgan fingerprint density at radius 1 is 1.58 bits per heavy atom. The predicted octanol–water partition coefficient (Wildman–Crippen LogP) is -0.638. The predicted molar refractivity (Wildman–Crippen MR) is 35.5 cm³/mol. The molecular weight excluding hydrogens is 162 g/mol. The average molecular weight is 168 g/mol. The van der Waals surface area contributed by atoms with Gasteiger partial charge in [-0.15, -0.1) is 5.10 Å². The van der Waals surface area contributed by atoms with E-state index in [4.69, 9.17) is 9.26 Å². The lowest BCUT2D eigenvalue weighted by molar-refractivity contribution is -0.119. The van der Waals surface area contributed by atoms with Crippen LogP contribution in [0.25, 0.3) is 0 Å². The zero-order valence-electron chi connectivity index (χ0n) is 6.33. The quantitative estimate of drug-likeness (QED) is 0.603. The molecule has 1 amide bonds. The standard InChI is InChI=1S/C6H6N3O3/c1-3-5(8-9-12-3)6-7-4(10)2-11-6/h2H2,1H3,(H,7,10). The molecule has 1 aromatic heterocycles. The average Bonchev–Trinajstić information content (AvgIpc) is 2.58. The molecule has 0 unspecified atom stereocenters. The fourth-order valence-corrected chi connectivity index (χ4v) is 0.905. The van der Waals surface area contributed by atoms with E-state index in [1.165, 1.54) is 0 Å². The summed E-state index contributed by atoms with van der Waals surface area (Å²) in [6.07, 6.45) is 0.318. The number of nitrogens with one attached hydrogen (secondary N) is 1. The first kappa shape index (κ1) is 7.23. The number of amides is 1. The van der Waals surface area contributed by atoms with Crippen LogP contribution < -0.4 is 5.32 Å². The van der Waals surface area contributed by atoms with Gasteiger partial charge in [0.1, 0.15) is 6.61 Å². The van der Waals surface area contributed by atoms with Gasteiger partial charge in [0.15, 0.2) is 11.5 Å². The van der Waals surface area contributed by atoms with Crippen molar-refractivity contribution in [1.82, 2.24) is 15.7 Å². The summed E-state index contributed by atoms with van der Waals surface area (Å²) in [6.45, 7) is 1.72. The number of rotatable bonds is 1. The van der Waals surface area contributed by atoms with E-state index >= 15 is 0 Å². The molecule has 1 aromatic rings. The van der Waals surface area contributed by atoms with Crippen molar-refractivity contribution in [2.75, 3.05) is 6.61 Å². The van der Waals surface area contributed by atoms with Crippen molar-refractivity contribution in [2.24, 2.45) is 0 Å². The molecule has 1 fully saturated rings. The molecular formula is C6H6N3O3. The Kier molecular flexibility index (Phi) is 1.54. The van der Waals surface area contributed by atoms with Crippen LogP contribution in [-0.2, 0) is 9.53 Å². The van der Waals surface area contributed by atoms with E-state index in [1.807, 2.05) is 0 Å². The minimum Gasteiger partial charge on any atom is -0.342 e. The van der Waals surface area contributed by atoms with Crippen molar-refractivity contribution in [3.05, 3.63) is 17.7 Å². The maximum atomic E-state index is 10.7. The fourth-order valence-electron chi connectivity index (χ4n) is 0.905. The lowest BCUT2D eigenvalue weighted by atomic mass is 10.3. The number of hydrogen-bond acceptors (Lipinski definition) is 5. The molecule has 0 spiro atoms. The van der Waals surface area contributed by atoms with Crippen LogP contribution in [0.1, 0.15) is 11.5 Å². The number of carbonyl (C=O) groups excluding carboxylic acids is 1. The van der Waals surface area contributed by atoms with Gasteiger partial charge in [-0.2, -0.15) is 0 Å². The number of hydrogen-bond donors (Lipinski definition) is 1.